The first-order valence-corrected chi connectivity index (χ1v) is 4.18. The highest BCUT2D eigenvalue weighted by atomic mass is 19.4. The number of hydrogen-bond donors (Lipinski definition) is 2. The molecule has 96 valence electrons. The predicted molar refractivity (Wildman–Crippen MR) is 44.0 cm³/mol. The molecule has 0 heterocycles. The van der Waals surface area contributed by atoms with Crippen molar-refractivity contribution in [3.63, 3.8) is 0 Å². The van der Waals surface area contributed by atoms with Crippen molar-refractivity contribution in [2.24, 2.45) is 0 Å². The number of hydrogen-bond acceptors (Lipinski definition) is 2. The highest BCUT2D eigenvalue weighted by molar-refractivity contribution is 5.44. The van der Waals surface area contributed by atoms with Gasteiger partial charge in [-0.3, -0.25) is 0 Å². The third-order valence-corrected chi connectivity index (χ3v) is 2.00. The highest BCUT2D eigenvalue weighted by Crippen LogP contribution is 2.41. The Morgan fingerprint density at radius 1 is 0.882 bits per heavy atom. The number of alkyl halides is 6. The number of aliphatic hydroxyl groups excluding tert-OH is 1. The Kier molecular flexibility index (Phi) is 3.28. The summed E-state index contributed by atoms with van der Waals surface area (Å²) < 4.78 is 73.8. The van der Waals surface area contributed by atoms with Gasteiger partial charge >= 0.3 is 12.4 Å². The Morgan fingerprint density at radius 2 is 1.35 bits per heavy atom. The molecule has 0 aliphatic heterocycles. The zero-order valence-corrected chi connectivity index (χ0v) is 8.02. The van der Waals surface area contributed by atoms with Crippen molar-refractivity contribution in [2.45, 2.75) is 19.0 Å². The highest BCUT2D eigenvalue weighted by Gasteiger charge is 2.39. The fourth-order valence-electron chi connectivity index (χ4n) is 1.25. The monoisotopic (exact) mass is 260 g/mol. The van der Waals surface area contributed by atoms with Crippen LogP contribution >= 0.6 is 0 Å². The van der Waals surface area contributed by atoms with Gasteiger partial charge in [-0.2, -0.15) is 26.3 Å². The van der Waals surface area contributed by atoms with Gasteiger partial charge in [-0.25, -0.2) is 0 Å². The molecule has 0 radical (unpaired) electrons. The molecule has 1 aromatic carbocycles. The van der Waals surface area contributed by atoms with E-state index in [9.17, 15) is 26.3 Å². The van der Waals surface area contributed by atoms with E-state index in [0.717, 1.165) is 0 Å². The van der Waals surface area contributed by atoms with Crippen LogP contribution < -0.4 is 0 Å². The first-order valence-electron chi connectivity index (χ1n) is 4.18. The number of phenolic OH excluding ortho intramolecular Hbond substituents is 1. The van der Waals surface area contributed by atoms with Crippen LogP contribution in [-0.4, -0.2) is 10.2 Å². The SMILES string of the molecule is OCc1cc(C(F)(F)F)c(O)cc1C(F)(F)F. The van der Waals surface area contributed by atoms with Gasteiger partial charge in [0.05, 0.1) is 17.7 Å². The average Bonchev–Trinajstić information content (AvgIpc) is 2.14. The molecule has 0 saturated heterocycles. The van der Waals surface area contributed by atoms with Crippen LogP contribution in [0.1, 0.15) is 16.7 Å². The normalized spacial score (nSPS) is 12.9. The molecule has 0 atom stereocenters. The molecule has 1 rings (SSSR count). The van der Waals surface area contributed by atoms with E-state index in [0.29, 0.717) is 0 Å². The van der Waals surface area contributed by atoms with Gasteiger partial charge in [0, 0.05) is 0 Å². The summed E-state index contributed by atoms with van der Waals surface area (Å²) in [5, 5.41) is 17.5. The van der Waals surface area contributed by atoms with E-state index >= 15 is 0 Å². The third-order valence-electron chi connectivity index (χ3n) is 2.00. The quantitative estimate of drug-likeness (QED) is 0.762. The first kappa shape index (κ1) is 13.6. The summed E-state index contributed by atoms with van der Waals surface area (Å²) in [7, 11) is 0. The minimum absolute atomic E-state index is 0.0472. The number of benzene rings is 1. The van der Waals surface area contributed by atoms with Crippen LogP contribution in [0.4, 0.5) is 26.3 Å². The van der Waals surface area contributed by atoms with Crippen molar-refractivity contribution >= 4 is 0 Å². The van der Waals surface area contributed by atoms with Gasteiger partial charge in [0.15, 0.2) is 0 Å². The van der Waals surface area contributed by atoms with Crippen LogP contribution in [0, 0.1) is 0 Å². The van der Waals surface area contributed by atoms with Crippen LogP contribution in [0.3, 0.4) is 0 Å². The molecule has 0 aromatic heterocycles. The maximum atomic E-state index is 12.3. The Balaban J connectivity index is 3.46. The standard InChI is InChI=1S/C9H6F6O2/c10-8(11,12)5-2-7(17)6(9(13,14)15)1-4(5)3-16/h1-2,16-17H,3H2. The molecule has 0 amide bonds. The fourth-order valence-corrected chi connectivity index (χ4v) is 1.25. The molecule has 0 aliphatic carbocycles. The van der Waals surface area contributed by atoms with Gasteiger partial charge in [0.25, 0.3) is 0 Å². The van der Waals surface area contributed by atoms with Crippen LogP contribution in [0.25, 0.3) is 0 Å². The lowest BCUT2D eigenvalue weighted by Crippen LogP contribution is -2.13. The second kappa shape index (κ2) is 4.10. The molecular weight excluding hydrogens is 254 g/mol. The van der Waals surface area contributed by atoms with Crippen molar-refractivity contribution in [1.82, 2.24) is 0 Å². The summed E-state index contributed by atoms with van der Waals surface area (Å²) in [6.45, 7) is -1.21. The number of rotatable bonds is 1. The van der Waals surface area contributed by atoms with E-state index in [1.165, 1.54) is 0 Å². The maximum Gasteiger partial charge on any atom is 0.419 e. The van der Waals surface area contributed by atoms with Gasteiger partial charge < -0.3 is 10.2 Å². The van der Waals surface area contributed by atoms with Crippen LogP contribution in [-0.2, 0) is 19.0 Å². The molecule has 0 unspecified atom stereocenters. The van der Waals surface area contributed by atoms with Gasteiger partial charge in [-0.1, -0.05) is 0 Å². The van der Waals surface area contributed by atoms with E-state index in [2.05, 4.69) is 0 Å². The average molecular weight is 260 g/mol. The summed E-state index contributed by atoms with van der Waals surface area (Å²) in [5.41, 5.74) is -4.05. The number of halogens is 6. The number of aromatic hydroxyl groups is 1. The summed E-state index contributed by atoms with van der Waals surface area (Å²) in [5.74, 6) is -1.53. The summed E-state index contributed by atoms with van der Waals surface area (Å²) in [6.07, 6.45) is -9.93. The molecule has 0 bridgehead atoms. The van der Waals surface area contributed by atoms with E-state index < -0.39 is 41.4 Å². The first-order chi connectivity index (χ1) is 7.57. The molecule has 0 aliphatic rings. The largest absolute Gasteiger partial charge is 0.507 e. The molecule has 17 heavy (non-hydrogen) atoms. The molecule has 0 saturated carbocycles. The number of aliphatic hydroxyl groups is 1. The van der Waals surface area contributed by atoms with Gasteiger partial charge in [0.1, 0.15) is 5.75 Å². The van der Waals surface area contributed by atoms with Crippen LogP contribution in [0.5, 0.6) is 5.75 Å². The molecular formula is C9H6F6O2. The Morgan fingerprint density at radius 3 is 1.71 bits per heavy atom. The lowest BCUT2D eigenvalue weighted by atomic mass is 10.0. The molecule has 2 nitrogen and oxygen atoms in total. The summed E-state index contributed by atoms with van der Waals surface area (Å²) >= 11 is 0. The Labute approximate surface area is 91.1 Å². The Bertz CT molecular complexity index is 421. The van der Waals surface area contributed by atoms with Crippen LogP contribution in [0.15, 0.2) is 12.1 Å². The molecule has 0 fully saturated rings. The van der Waals surface area contributed by atoms with Crippen molar-refractivity contribution in [3.8, 4) is 5.75 Å². The van der Waals surface area contributed by atoms with Crippen molar-refractivity contribution in [1.29, 1.82) is 0 Å². The van der Waals surface area contributed by atoms with Gasteiger partial charge in [0.2, 0.25) is 0 Å². The topological polar surface area (TPSA) is 40.5 Å². The summed E-state index contributed by atoms with van der Waals surface area (Å²) in [4.78, 5) is 0. The van der Waals surface area contributed by atoms with E-state index in [4.69, 9.17) is 10.2 Å². The van der Waals surface area contributed by atoms with Crippen LogP contribution in [0.2, 0.25) is 0 Å². The lowest BCUT2D eigenvalue weighted by molar-refractivity contribution is -0.143. The second-order valence-corrected chi connectivity index (χ2v) is 3.18. The fraction of sp³-hybridized carbons (Fsp3) is 0.333. The van der Waals surface area contributed by atoms with E-state index in [-0.39, 0.29) is 12.1 Å². The van der Waals surface area contributed by atoms with E-state index in [1.54, 1.807) is 0 Å². The van der Waals surface area contributed by atoms with E-state index in [1.807, 2.05) is 0 Å². The zero-order valence-electron chi connectivity index (χ0n) is 8.02. The van der Waals surface area contributed by atoms with Gasteiger partial charge in [-0.15, -0.1) is 0 Å². The van der Waals surface area contributed by atoms with Crippen molar-refractivity contribution < 1.29 is 36.6 Å². The zero-order chi connectivity index (χ0) is 13.4. The third kappa shape index (κ3) is 2.82. The minimum Gasteiger partial charge on any atom is -0.507 e. The summed E-state index contributed by atoms with van der Waals surface area (Å²) in [6, 6.07) is 0.0343. The molecule has 1 aromatic rings. The smallest absolute Gasteiger partial charge is 0.419 e. The second-order valence-electron chi connectivity index (χ2n) is 3.18. The van der Waals surface area contributed by atoms with Gasteiger partial charge in [-0.05, 0) is 17.7 Å². The van der Waals surface area contributed by atoms with Crippen molar-refractivity contribution in [3.05, 3.63) is 28.8 Å². The lowest BCUT2D eigenvalue weighted by Gasteiger charge is -2.15. The minimum atomic E-state index is -4.99. The molecule has 8 heteroatoms. The Hall–Kier alpha value is -1.44. The molecule has 0 spiro atoms. The number of phenols is 1. The maximum absolute atomic E-state index is 12.3. The predicted octanol–water partition coefficient (Wildman–Crippen LogP) is 2.92. The molecule has 2 N–H and O–H groups in total. The van der Waals surface area contributed by atoms with Crippen molar-refractivity contribution in [2.75, 3.05) is 0 Å².